The van der Waals surface area contributed by atoms with E-state index >= 15 is 0 Å². The van der Waals surface area contributed by atoms with E-state index < -0.39 is 6.43 Å². The van der Waals surface area contributed by atoms with Crippen molar-refractivity contribution in [3.05, 3.63) is 48.3 Å². The number of nitrogens with one attached hydrogen (secondary N) is 1. The molecule has 5 nitrogen and oxygen atoms in total. The van der Waals surface area contributed by atoms with E-state index in [1.807, 2.05) is 6.07 Å². The number of pyridine rings is 1. The highest BCUT2D eigenvalue weighted by Gasteiger charge is 2.17. The van der Waals surface area contributed by atoms with Crippen LogP contribution in [0.1, 0.15) is 24.8 Å². The van der Waals surface area contributed by atoms with Gasteiger partial charge in [0.15, 0.2) is 5.82 Å². The summed E-state index contributed by atoms with van der Waals surface area (Å²) in [7, 11) is 0. The van der Waals surface area contributed by atoms with Gasteiger partial charge in [0.05, 0.1) is 6.10 Å². The van der Waals surface area contributed by atoms with E-state index in [0.717, 1.165) is 35.8 Å². The average Bonchev–Trinajstić information content (AvgIpc) is 3.20. The lowest BCUT2D eigenvalue weighted by molar-refractivity contribution is 0.120. The molecule has 134 valence electrons. The van der Waals surface area contributed by atoms with Crippen LogP contribution in [0.3, 0.4) is 0 Å². The SMILES string of the molecule is FC(F)c1ccc(-c2nnc(NCC3CCCO3)c3cnccc23)cc1. The molecule has 2 aromatic heterocycles. The van der Waals surface area contributed by atoms with Gasteiger partial charge in [-0.05, 0) is 18.9 Å². The fraction of sp³-hybridized carbons (Fsp3) is 0.316. The first kappa shape index (κ1) is 16.8. The van der Waals surface area contributed by atoms with Gasteiger partial charge < -0.3 is 10.1 Å². The molecule has 0 saturated carbocycles. The zero-order chi connectivity index (χ0) is 17.9. The van der Waals surface area contributed by atoms with Crippen molar-refractivity contribution in [2.24, 2.45) is 0 Å². The quantitative estimate of drug-likeness (QED) is 0.742. The molecule has 1 fully saturated rings. The first-order chi connectivity index (χ1) is 12.7. The highest BCUT2D eigenvalue weighted by Crippen LogP contribution is 2.30. The highest BCUT2D eigenvalue weighted by molar-refractivity contribution is 5.99. The molecule has 4 rings (SSSR count). The monoisotopic (exact) mass is 356 g/mol. The second kappa shape index (κ2) is 7.29. The maximum atomic E-state index is 12.8. The summed E-state index contributed by atoms with van der Waals surface area (Å²) in [6.07, 6.45) is 3.23. The lowest BCUT2D eigenvalue weighted by Gasteiger charge is -2.14. The van der Waals surface area contributed by atoms with E-state index in [1.165, 1.54) is 12.1 Å². The Labute approximate surface area is 149 Å². The molecule has 1 N–H and O–H groups in total. The van der Waals surface area contributed by atoms with E-state index in [-0.39, 0.29) is 11.7 Å². The minimum absolute atomic E-state index is 0.0115. The number of nitrogens with zero attached hydrogens (tertiary/aromatic N) is 3. The molecule has 0 aliphatic carbocycles. The number of fused-ring (bicyclic) bond motifs is 1. The normalized spacial score (nSPS) is 17.1. The van der Waals surface area contributed by atoms with Crippen LogP contribution < -0.4 is 5.32 Å². The number of rotatable bonds is 5. The molecular formula is C19H18F2N4O. The number of ether oxygens (including phenoxy) is 1. The van der Waals surface area contributed by atoms with Crippen molar-refractivity contribution in [1.29, 1.82) is 0 Å². The Bertz CT molecular complexity index is 896. The third-order valence-corrected chi connectivity index (χ3v) is 4.54. The summed E-state index contributed by atoms with van der Waals surface area (Å²) in [4.78, 5) is 4.19. The second-order valence-electron chi connectivity index (χ2n) is 6.26. The third-order valence-electron chi connectivity index (χ3n) is 4.54. The molecule has 1 aromatic carbocycles. The molecule has 0 spiro atoms. The van der Waals surface area contributed by atoms with Gasteiger partial charge in [0.1, 0.15) is 5.69 Å². The van der Waals surface area contributed by atoms with Crippen LogP contribution in [0, 0.1) is 0 Å². The van der Waals surface area contributed by atoms with Crippen molar-refractivity contribution in [2.75, 3.05) is 18.5 Å². The smallest absolute Gasteiger partial charge is 0.263 e. The predicted molar refractivity (Wildman–Crippen MR) is 95.2 cm³/mol. The lowest BCUT2D eigenvalue weighted by atomic mass is 10.0. The Balaban J connectivity index is 1.67. The predicted octanol–water partition coefficient (Wildman–Crippen LogP) is 4.22. The molecule has 1 atom stereocenters. The van der Waals surface area contributed by atoms with Gasteiger partial charge in [-0.3, -0.25) is 4.98 Å². The first-order valence-corrected chi connectivity index (χ1v) is 8.57. The van der Waals surface area contributed by atoms with E-state index in [0.29, 0.717) is 18.1 Å². The van der Waals surface area contributed by atoms with Crippen LogP contribution >= 0.6 is 0 Å². The number of hydrogen-bond donors (Lipinski definition) is 1. The standard InChI is InChI=1S/C19H18F2N4O/c20-18(21)13-5-3-12(4-6-13)17-15-7-8-22-11-16(15)19(25-24-17)23-10-14-2-1-9-26-14/h3-8,11,14,18H,1-2,9-10H2,(H,23,25). The zero-order valence-corrected chi connectivity index (χ0v) is 14.0. The van der Waals surface area contributed by atoms with Crippen molar-refractivity contribution in [3.8, 4) is 11.3 Å². The van der Waals surface area contributed by atoms with Crippen molar-refractivity contribution in [2.45, 2.75) is 25.4 Å². The number of benzene rings is 1. The van der Waals surface area contributed by atoms with Gasteiger partial charge >= 0.3 is 0 Å². The largest absolute Gasteiger partial charge is 0.376 e. The molecule has 1 aliphatic rings. The topological polar surface area (TPSA) is 59.9 Å². The lowest BCUT2D eigenvalue weighted by Crippen LogP contribution is -2.19. The molecule has 0 bridgehead atoms. The van der Waals surface area contributed by atoms with Crippen LogP contribution in [0.15, 0.2) is 42.7 Å². The first-order valence-electron chi connectivity index (χ1n) is 8.57. The van der Waals surface area contributed by atoms with Gasteiger partial charge in [-0.1, -0.05) is 24.3 Å². The molecule has 3 aromatic rings. The Hall–Kier alpha value is -2.67. The van der Waals surface area contributed by atoms with Crippen LogP contribution in [0.2, 0.25) is 0 Å². The van der Waals surface area contributed by atoms with Crippen molar-refractivity contribution in [1.82, 2.24) is 15.2 Å². The highest BCUT2D eigenvalue weighted by atomic mass is 19.3. The zero-order valence-electron chi connectivity index (χ0n) is 14.0. The summed E-state index contributed by atoms with van der Waals surface area (Å²) in [6, 6.07) is 7.98. The fourth-order valence-corrected chi connectivity index (χ4v) is 3.14. The number of alkyl halides is 2. The summed E-state index contributed by atoms with van der Waals surface area (Å²) in [5.74, 6) is 0.650. The van der Waals surface area contributed by atoms with Crippen LogP contribution in [-0.2, 0) is 4.74 Å². The molecule has 0 amide bonds. The Kier molecular flexibility index (Phi) is 4.71. The summed E-state index contributed by atoms with van der Waals surface area (Å²) in [6.45, 7) is 1.47. The molecule has 1 unspecified atom stereocenters. The van der Waals surface area contributed by atoms with Crippen molar-refractivity contribution in [3.63, 3.8) is 0 Å². The number of aromatic nitrogens is 3. The Morgan fingerprint density at radius 2 is 1.96 bits per heavy atom. The minimum atomic E-state index is -2.49. The molecule has 1 saturated heterocycles. The third kappa shape index (κ3) is 3.35. The molecule has 1 aliphatic heterocycles. The summed E-state index contributed by atoms with van der Waals surface area (Å²) < 4.78 is 31.2. The van der Waals surface area contributed by atoms with Gasteiger partial charge in [-0.15, -0.1) is 10.2 Å². The van der Waals surface area contributed by atoms with Gasteiger partial charge in [-0.2, -0.15) is 0 Å². The van der Waals surface area contributed by atoms with Gasteiger partial charge in [-0.25, -0.2) is 8.78 Å². The second-order valence-corrected chi connectivity index (χ2v) is 6.26. The van der Waals surface area contributed by atoms with E-state index in [9.17, 15) is 8.78 Å². The van der Waals surface area contributed by atoms with E-state index in [1.54, 1.807) is 24.5 Å². The van der Waals surface area contributed by atoms with Gasteiger partial charge in [0.2, 0.25) is 0 Å². The molecule has 26 heavy (non-hydrogen) atoms. The molecule has 3 heterocycles. The summed E-state index contributed by atoms with van der Waals surface area (Å²) in [5, 5.41) is 13.6. The molecular weight excluding hydrogens is 338 g/mol. The van der Waals surface area contributed by atoms with Crippen LogP contribution in [0.25, 0.3) is 22.0 Å². The number of halogens is 2. The Morgan fingerprint density at radius 3 is 2.69 bits per heavy atom. The molecule has 7 heteroatoms. The van der Waals surface area contributed by atoms with Crippen molar-refractivity contribution < 1.29 is 13.5 Å². The summed E-state index contributed by atoms with van der Waals surface area (Å²) >= 11 is 0. The van der Waals surface area contributed by atoms with Crippen molar-refractivity contribution >= 4 is 16.6 Å². The van der Waals surface area contributed by atoms with E-state index in [4.69, 9.17) is 4.74 Å². The van der Waals surface area contributed by atoms with Gasteiger partial charge in [0, 0.05) is 47.4 Å². The average molecular weight is 356 g/mol. The molecule has 0 radical (unpaired) electrons. The minimum Gasteiger partial charge on any atom is -0.376 e. The van der Waals surface area contributed by atoms with Crippen LogP contribution in [-0.4, -0.2) is 34.4 Å². The Morgan fingerprint density at radius 1 is 1.12 bits per heavy atom. The maximum absolute atomic E-state index is 12.8. The van der Waals surface area contributed by atoms with E-state index in [2.05, 4.69) is 20.5 Å². The maximum Gasteiger partial charge on any atom is 0.263 e. The van der Waals surface area contributed by atoms with Crippen LogP contribution in [0.4, 0.5) is 14.6 Å². The van der Waals surface area contributed by atoms with Gasteiger partial charge in [0.25, 0.3) is 6.43 Å². The number of anilines is 1. The number of hydrogen-bond acceptors (Lipinski definition) is 5. The summed E-state index contributed by atoms with van der Waals surface area (Å²) in [5.41, 5.74) is 1.37. The van der Waals surface area contributed by atoms with Crippen LogP contribution in [0.5, 0.6) is 0 Å². The fourth-order valence-electron chi connectivity index (χ4n) is 3.14.